The van der Waals surface area contributed by atoms with Gasteiger partial charge in [0.2, 0.25) is 0 Å². The van der Waals surface area contributed by atoms with Crippen LogP contribution in [0.5, 0.6) is 0 Å². The van der Waals surface area contributed by atoms with E-state index >= 15 is 0 Å². The van der Waals surface area contributed by atoms with Gasteiger partial charge in [-0.2, -0.15) is 0 Å². The summed E-state index contributed by atoms with van der Waals surface area (Å²) in [6.45, 7) is 11.6. The van der Waals surface area contributed by atoms with Gasteiger partial charge >= 0.3 is 0 Å². The third-order valence-corrected chi connectivity index (χ3v) is 4.08. The van der Waals surface area contributed by atoms with Crippen LogP contribution in [-0.2, 0) is 0 Å². The average molecular weight is 269 g/mol. The number of rotatable bonds is 7. The Kier molecular flexibility index (Phi) is 6.43. The minimum Gasteiger partial charge on any atom is -0.310 e. The molecule has 0 spiro atoms. The molecule has 0 aliphatic carbocycles. The van der Waals surface area contributed by atoms with Crippen LogP contribution in [0.4, 0.5) is 0 Å². The number of H-pyrrole nitrogens is 1. The van der Waals surface area contributed by atoms with Crippen molar-refractivity contribution in [3.63, 3.8) is 0 Å². The molecule has 1 N–H and O–H groups in total. The normalized spacial score (nSPS) is 12.9. The van der Waals surface area contributed by atoms with E-state index in [4.69, 9.17) is 0 Å². The molecule has 1 rings (SSSR count). The van der Waals surface area contributed by atoms with E-state index < -0.39 is 0 Å². The molecule has 0 amide bonds. The molecule has 1 aromatic rings. The van der Waals surface area contributed by atoms with Gasteiger partial charge in [-0.1, -0.05) is 13.8 Å². The molecule has 0 radical (unpaired) electrons. The number of nitrogens with zero attached hydrogens (tertiary/aromatic N) is 2. The van der Waals surface area contributed by atoms with E-state index in [1.807, 2.05) is 18.7 Å². The van der Waals surface area contributed by atoms with Crippen LogP contribution >= 0.6 is 11.8 Å². The molecule has 1 heterocycles. The predicted octanol–water partition coefficient (Wildman–Crippen LogP) is 2.21. The molecule has 0 aliphatic rings. The second-order valence-electron chi connectivity index (χ2n) is 4.31. The number of aromatic nitrogens is 2. The molecule has 1 atom stereocenters. The smallest absolute Gasteiger partial charge is 0.251 e. The zero-order chi connectivity index (χ0) is 13.5. The minimum atomic E-state index is -0.0614. The summed E-state index contributed by atoms with van der Waals surface area (Å²) in [6.07, 6.45) is 0. The van der Waals surface area contributed by atoms with Crippen molar-refractivity contribution < 1.29 is 0 Å². The summed E-state index contributed by atoms with van der Waals surface area (Å²) in [5.74, 6) is 1.84. The highest BCUT2D eigenvalue weighted by Crippen LogP contribution is 2.24. The standard InChI is InChI=1S/C13H23N3OS/c1-5-16(6-2)7-8-18-11(4)13-14-10(3)9-12(17)15-13/h9,11H,5-8H2,1-4H3,(H,14,15,17)/t11-/m0/s1. The molecule has 0 saturated heterocycles. The number of hydrogen-bond donors (Lipinski definition) is 1. The Morgan fingerprint density at radius 1 is 1.44 bits per heavy atom. The summed E-state index contributed by atoms with van der Waals surface area (Å²) >= 11 is 1.83. The Labute approximate surface area is 113 Å². The van der Waals surface area contributed by atoms with Gasteiger partial charge in [-0.3, -0.25) is 4.79 Å². The SMILES string of the molecule is CCN(CC)CCS[C@@H](C)c1nc(C)cc(=O)[nH]1. The van der Waals surface area contributed by atoms with Crippen LogP contribution in [-0.4, -0.2) is 40.3 Å². The van der Waals surface area contributed by atoms with Gasteiger partial charge in [0.25, 0.3) is 5.56 Å². The van der Waals surface area contributed by atoms with E-state index in [9.17, 15) is 4.79 Å². The lowest BCUT2D eigenvalue weighted by Crippen LogP contribution is -2.25. The fourth-order valence-corrected chi connectivity index (χ4v) is 2.76. The molecule has 0 bridgehead atoms. The van der Waals surface area contributed by atoms with E-state index in [2.05, 4.69) is 35.6 Å². The monoisotopic (exact) mass is 269 g/mol. The molecular formula is C13H23N3OS. The molecule has 18 heavy (non-hydrogen) atoms. The number of thioether (sulfide) groups is 1. The van der Waals surface area contributed by atoms with Crippen molar-refractivity contribution in [1.29, 1.82) is 0 Å². The molecule has 0 fully saturated rings. The molecule has 0 unspecified atom stereocenters. The summed E-state index contributed by atoms with van der Waals surface area (Å²) in [6, 6.07) is 1.52. The lowest BCUT2D eigenvalue weighted by molar-refractivity contribution is 0.324. The Morgan fingerprint density at radius 2 is 2.11 bits per heavy atom. The lowest BCUT2D eigenvalue weighted by Gasteiger charge is -2.18. The predicted molar refractivity (Wildman–Crippen MR) is 78.3 cm³/mol. The highest BCUT2D eigenvalue weighted by Gasteiger charge is 2.10. The summed E-state index contributed by atoms with van der Waals surface area (Å²) in [4.78, 5) is 21.0. The maximum atomic E-state index is 11.4. The second kappa shape index (κ2) is 7.59. The maximum absolute atomic E-state index is 11.4. The molecule has 0 aromatic carbocycles. The summed E-state index contributed by atoms with van der Waals surface area (Å²) in [5, 5.41) is 0.230. The van der Waals surface area contributed by atoms with E-state index in [0.717, 1.165) is 36.9 Å². The fraction of sp³-hybridized carbons (Fsp3) is 0.692. The van der Waals surface area contributed by atoms with Crippen LogP contribution in [0.15, 0.2) is 10.9 Å². The van der Waals surface area contributed by atoms with Crippen molar-refractivity contribution >= 4 is 11.8 Å². The van der Waals surface area contributed by atoms with Crippen molar-refractivity contribution in [3.05, 3.63) is 27.9 Å². The van der Waals surface area contributed by atoms with Gasteiger partial charge < -0.3 is 9.88 Å². The molecule has 102 valence electrons. The molecular weight excluding hydrogens is 246 g/mol. The van der Waals surface area contributed by atoms with E-state index in [1.165, 1.54) is 6.07 Å². The van der Waals surface area contributed by atoms with E-state index in [0.29, 0.717) is 0 Å². The van der Waals surface area contributed by atoms with E-state index in [1.54, 1.807) is 0 Å². The van der Waals surface area contributed by atoms with Crippen molar-refractivity contribution in [2.75, 3.05) is 25.4 Å². The van der Waals surface area contributed by atoms with Gasteiger partial charge in [-0.05, 0) is 26.9 Å². The van der Waals surface area contributed by atoms with E-state index in [-0.39, 0.29) is 10.8 Å². The quantitative estimate of drug-likeness (QED) is 0.824. The first kappa shape index (κ1) is 15.2. The Hall–Kier alpha value is -0.810. The maximum Gasteiger partial charge on any atom is 0.251 e. The van der Waals surface area contributed by atoms with Crippen LogP contribution in [0, 0.1) is 6.92 Å². The van der Waals surface area contributed by atoms with Gasteiger partial charge in [0.15, 0.2) is 0 Å². The first-order chi connectivity index (χ1) is 8.56. The highest BCUT2D eigenvalue weighted by molar-refractivity contribution is 7.99. The summed E-state index contributed by atoms with van der Waals surface area (Å²) < 4.78 is 0. The van der Waals surface area contributed by atoms with Gasteiger partial charge in [0, 0.05) is 24.1 Å². The van der Waals surface area contributed by atoms with Gasteiger partial charge in [0.1, 0.15) is 5.82 Å². The third-order valence-electron chi connectivity index (χ3n) is 2.94. The number of aryl methyl sites for hydroxylation is 1. The number of hydrogen-bond acceptors (Lipinski definition) is 4. The molecule has 1 aromatic heterocycles. The van der Waals surface area contributed by atoms with Gasteiger partial charge in [-0.15, -0.1) is 11.8 Å². The van der Waals surface area contributed by atoms with Crippen molar-refractivity contribution in [2.45, 2.75) is 32.9 Å². The number of nitrogens with one attached hydrogen (secondary N) is 1. The molecule has 5 heteroatoms. The van der Waals surface area contributed by atoms with Crippen molar-refractivity contribution in [1.82, 2.24) is 14.9 Å². The summed E-state index contributed by atoms with van der Waals surface area (Å²) in [7, 11) is 0. The largest absolute Gasteiger partial charge is 0.310 e. The van der Waals surface area contributed by atoms with Gasteiger partial charge in [0.05, 0.1) is 5.25 Å². The van der Waals surface area contributed by atoms with Crippen molar-refractivity contribution in [3.8, 4) is 0 Å². The van der Waals surface area contributed by atoms with Crippen LogP contribution in [0.3, 0.4) is 0 Å². The second-order valence-corrected chi connectivity index (χ2v) is 5.76. The first-order valence-corrected chi connectivity index (χ1v) is 7.53. The fourth-order valence-electron chi connectivity index (χ4n) is 1.77. The van der Waals surface area contributed by atoms with Gasteiger partial charge in [-0.25, -0.2) is 4.98 Å². The Bertz CT molecular complexity index is 415. The zero-order valence-corrected chi connectivity index (χ0v) is 12.5. The highest BCUT2D eigenvalue weighted by atomic mass is 32.2. The molecule has 0 saturated carbocycles. The minimum absolute atomic E-state index is 0.0614. The molecule has 0 aliphatic heterocycles. The Balaban J connectivity index is 2.50. The number of aromatic amines is 1. The van der Waals surface area contributed by atoms with Crippen LogP contribution in [0.2, 0.25) is 0 Å². The molecule has 4 nitrogen and oxygen atoms in total. The topological polar surface area (TPSA) is 49.0 Å². The van der Waals surface area contributed by atoms with Crippen LogP contribution < -0.4 is 5.56 Å². The lowest BCUT2D eigenvalue weighted by atomic mass is 10.4. The van der Waals surface area contributed by atoms with Crippen LogP contribution in [0.1, 0.15) is 37.5 Å². The third kappa shape index (κ3) is 4.82. The average Bonchev–Trinajstić information content (AvgIpc) is 2.33. The van der Waals surface area contributed by atoms with Crippen LogP contribution in [0.25, 0.3) is 0 Å². The Morgan fingerprint density at radius 3 is 2.67 bits per heavy atom. The zero-order valence-electron chi connectivity index (χ0n) is 11.7. The summed E-state index contributed by atoms with van der Waals surface area (Å²) in [5.41, 5.74) is 0.721. The first-order valence-electron chi connectivity index (χ1n) is 6.48. The van der Waals surface area contributed by atoms with Crippen molar-refractivity contribution in [2.24, 2.45) is 0 Å².